The smallest absolute Gasteiger partial charge is 0.183 e. The monoisotopic (exact) mass is 325 g/mol. The van der Waals surface area contributed by atoms with Crippen LogP contribution in [0.25, 0.3) is 11.4 Å². The molecule has 0 radical (unpaired) electrons. The van der Waals surface area contributed by atoms with Crippen molar-refractivity contribution in [2.75, 3.05) is 36.5 Å². The van der Waals surface area contributed by atoms with E-state index in [4.69, 9.17) is 0 Å². The van der Waals surface area contributed by atoms with Gasteiger partial charge in [-0.3, -0.25) is 5.43 Å². The van der Waals surface area contributed by atoms with E-state index in [1.54, 1.807) is 6.20 Å². The fourth-order valence-electron chi connectivity index (χ4n) is 2.56. The summed E-state index contributed by atoms with van der Waals surface area (Å²) in [6.07, 6.45) is 1.73. The van der Waals surface area contributed by atoms with Gasteiger partial charge in [0.1, 0.15) is 0 Å². The minimum Gasteiger partial charge on any atom is -0.353 e. The summed E-state index contributed by atoms with van der Waals surface area (Å²) in [7, 11) is 0. The molecule has 1 saturated heterocycles. The van der Waals surface area contributed by atoms with Crippen LogP contribution in [0.15, 0.2) is 29.5 Å². The molecule has 0 saturated carbocycles. The van der Waals surface area contributed by atoms with Crippen LogP contribution in [-0.2, 0) is 0 Å². The van der Waals surface area contributed by atoms with Crippen LogP contribution in [0, 0.1) is 6.92 Å². The molecular weight excluding hydrogens is 302 g/mol. The van der Waals surface area contributed by atoms with Gasteiger partial charge in [-0.25, -0.2) is 4.98 Å². The van der Waals surface area contributed by atoms with Crippen LogP contribution >= 0.6 is 0 Å². The molecule has 2 N–H and O–H groups in total. The van der Waals surface area contributed by atoms with Crippen molar-refractivity contribution < 1.29 is 0 Å². The zero-order valence-electron chi connectivity index (χ0n) is 14.4. The second-order valence-electron chi connectivity index (χ2n) is 6.08. The minimum absolute atomic E-state index is 0.649. The molecule has 3 rings (SSSR count). The summed E-state index contributed by atoms with van der Waals surface area (Å²) < 4.78 is 0. The molecule has 1 aliphatic rings. The van der Waals surface area contributed by atoms with E-state index in [0.29, 0.717) is 5.82 Å². The molecule has 1 aromatic carbocycles. The highest BCUT2D eigenvalue weighted by molar-refractivity contribution is 5.80. The first-order valence-electron chi connectivity index (χ1n) is 8.17. The van der Waals surface area contributed by atoms with Crippen molar-refractivity contribution in [3.63, 3.8) is 0 Å². The molecule has 24 heavy (non-hydrogen) atoms. The first-order valence-corrected chi connectivity index (χ1v) is 8.17. The van der Waals surface area contributed by atoms with Crippen molar-refractivity contribution in [2.24, 2.45) is 5.10 Å². The third kappa shape index (κ3) is 3.86. The molecule has 0 aliphatic carbocycles. The predicted octanol–water partition coefficient (Wildman–Crippen LogP) is 2.06. The summed E-state index contributed by atoms with van der Waals surface area (Å²) in [6.45, 7) is 9.77. The van der Waals surface area contributed by atoms with Gasteiger partial charge < -0.3 is 10.2 Å². The molecule has 126 valence electrons. The summed E-state index contributed by atoms with van der Waals surface area (Å²) in [4.78, 5) is 6.92. The van der Waals surface area contributed by atoms with Gasteiger partial charge in [-0.05, 0) is 44.5 Å². The zero-order valence-corrected chi connectivity index (χ0v) is 14.4. The molecule has 0 atom stereocenters. The molecule has 2 heterocycles. The highest BCUT2D eigenvalue weighted by Crippen LogP contribution is 2.23. The highest BCUT2D eigenvalue weighted by Gasteiger charge is 2.14. The Hall–Kier alpha value is -2.54. The molecule has 1 aliphatic heterocycles. The van der Waals surface area contributed by atoms with Crippen LogP contribution in [0.2, 0.25) is 0 Å². The van der Waals surface area contributed by atoms with Crippen molar-refractivity contribution in [3.8, 4) is 11.4 Å². The van der Waals surface area contributed by atoms with Gasteiger partial charge in [0.05, 0.1) is 11.9 Å². The van der Waals surface area contributed by atoms with E-state index in [0.717, 1.165) is 54.5 Å². The Kier molecular flexibility index (Phi) is 5.00. The fraction of sp³-hybridized carbons (Fsp3) is 0.412. The van der Waals surface area contributed by atoms with E-state index in [-0.39, 0.29) is 0 Å². The second-order valence-corrected chi connectivity index (χ2v) is 6.08. The highest BCUT2D eigenvalue weighted by atomic mass is 15.3. The lowest BCUT2D eigenvalue weighted by molar-refractivity contribution is 0.583. The van der Waals surface area contributed by atoms with Crippen LogP contribution in [0.3, 0.4) is 0 Å². The van der Waals surface area contributed by atoms with E-state index in [1.165, 1.54) is 0 Å². The van der Waals surface area contributed by atoms with Gasteiger partial charge in [-0.1, -0.05) is 0 Å². The van der Waals surface area contributed by atoms with Crippen molar-refractivity contribution in [2.45, 2.75) is 20.8 Å². The Balaban J connectivity index is 1.83. The Labute approximate surface area is 142 Å². The van der Waals surface area contributed by atoms with Crippen LogP contribution in [0.1, 0.15) is 19.4 Å². The summed E-state index contributed by atoms with van der Waals surface area (Å²) in [6, 6.07) is 6.05. The SMILES string of the molecule is CC(C)=NNc1ccc(-c2nncc(N3CCNCC3)n2)cc1C. The number of aryl methyl sites for hydroxylation is 1. The van der Waals surface area contributed by atoms with Crippen molar-refractivity contribution in [1.82, 2.24) is 20.5 Å². The second kappa shape index (κ2) is 7.35. The average Bonchev–Trinajstić information content (AvgIpc) is 2.61. The van der Waals surface area contributed by atoms with Crippen molar-refractivity contribution in [1.29, 1.82) is 0 Å². The first kappa shape index (κ1) is 16.3. The number of piperazine rings is 1. The van der Waals surface area contributed by atoms with Gasteiger partial charge in [-0.2, -0.15) is 10.2 Å². The quantitative estimate of drug-likeness (QED) is 0.662. The van der Waals surface area contributed by atoms with Gasteiger partial charge in [0, 0.05) is 37.5 Å². The topological polar surface area (TPSA) is 78.3 Å². The summed E-state index contributed by atoms with van der Waals surface area (Å²) >= 11 is 0. The fourth-order valence-corrected chi connectivity index (χ4v) is 2.56. The van der Waals surface area contributed by atoms with Crippen LogP contribution in [-0.4, -0.2) is 47.1 Å². The molecule has 7 heteroatoms. The van der Waals surface area contributed by atoms with Crippen LogP contribution < -0.4 is 15.6 Å². The molecule has 0 unspecified atom stereocenters. The van der Waals surface area contributed by atoms with E-state index >= 15 is 0 Å². The normalized spacial score (nSPS) is 14.4. The van der Waals surface area contributed by atoms with Crippen LogP contribution in [0.5, 0.6) is 0 Å². The Morgan fingerprint density at radius 1 is 1.25 bits per heavy atom. The number of hydrogen-bond acceptors (Lipinski definition) is 7. The lowest BCUT2D eigenvalue weighted by Gasteiger charge is -2.28. The number of nitrogens with one attached hydrogen (secondary N) is 2. The lowest BCUT2D eigenvalue weighted by atomic mass is 10.1. The molecule has 7 nitrogen and oxygen atoms in total. The first-order chi connectivity index (χ1) is 11.6. The number of hydrazone groups is 1. The molecule has 2 aromatic rings. The minimum atomic E-state index is 0.649. The molecule has 0 spiro atoms. The zero-order chi connectivity index (χ0) is 16.9. The maximum absolute atomic E-state index is 4.69. The van der Waals surface area contributed by atoms with Gasteiger partial charge in [-0.15, -0.1) is 5.10 Å². The van der Waals surface area contributed by atoms with E-state index in [9.17, 15) is 0 Å². The third-order valence-electron chi connectivity index (χ3n) is 3.87. The average molecular weight is 325 g/mol. The number of rotatable bonds is 4. The van der Waals surface area contributed by atoms with Gasteiger partial charge in [0.25, 0.3) is 0 Å². The molecule has 0 amide bonds. The number of hydrogen-bond donors (Lipinski definition) is 2. The molecule has 1 aromatic heterocycles. The summed E-state index contributed by atoms with van der Waals surface area (Å²) in [5, 5.41) is 15.9. The van der Waals surface area contributed by atoms with Gasteiger partial charge in [0.15, 0.2) is 11.6 Å². The number of nitrogens with zero attached hydrogens (tertiary/aromatic N) is 5. The Morgan fingerprint density at radius 2 is 2.04 bits per heavy atom. The summed E-state index contributed by atoms with van der Waals surface area (Å²) in [5.41, 5.74) is 7.08. The van der Waals surface area contributed by atoms with Crippen molar-refractivity contribution >= 4 is 17.2 Å². The molecular formula is C17H23N7. The maximum atomic E-state index is 4.69. The Bertz CT molecular complexity index is 731. The predicted molar refractivity (Wildman–Crippen MR) is 97.5 cm³/mol. The lowest BCUT2D eigenvalue weighted by Crippen LogP contribution is -2.44. The van der Waals surface area contributed by atoms with E-state index in [2.05, 4.69) is 42.0 Å². The van der Waals surface area contributed by atoms with E-state index < -0.39 is 0 Å². The maximum Gasteiger partial charge on any atom is 0.183 e. The summed E-state index contributed by atoms with van der Waals surface area (Å²) in [5.74, 6) is 1.53. The third-order valence-corrected chi connectivity index (χ3v) is 3.87. The molecule has 1 fully saturated rings. The number of aromatic nitrogens is 3. The standard InChI is InChI=1S/C17H23N7/c1-12(2)21-22-15-5-4-14(10-13(15)3)17-20-16(11-19-23-17)24-8-6-18-7-9-24/h4-5,10-11,18,22H,6-9H2,1-3H3. The van der Waals surface area contributed by atoms with Crippen molar-refractivity contribution in [3.05, 3.63) is 30.0 Å². The Morgan fingerprint density at radius 3 is 2.75 bits per heavy atom. The van der Waals surface area contributed by atoms with E-state index in [1.807, 2.05) is 32.9 Å². The van der Waals surface area contributed by atoms with Crippen LogP contribution in [0.4, 0.5) is 11.5 Å². The largest absolute Gasteiger partial charge is 0.353 e. The van der Waals surface area contributed by atoms with Gasteiger partial charge >= 0.3 is 0 Å². The number of benzene rings is 1. The molecule has 0 bridgehead atoms. The van der Waals surface area contributed by atoms with Gasteiger partial charge in [0.2, 0.25) is 0 Å². The number of anilines is 2.